The van der Waals surface area contributed by atoms with Crippen LogP contribution in [0.4, 0.5) is 11.5 Å². The fraction of sp³-hybridized carbons (Fsp3) is 0.261. The zero-order valence-electron chi connectivity index (χ0n) is 18.3. The summed E-state index contributed by atoms with van der Waals surface area (Å²) in [4.78, 5) is 25.0. The molecule has 11 heteroatoms. The molecule has 0 aromatic carbocycles. The molecule has 2 aliphatic rings. The normalized spacial score (nSPS) is 16.6. The van der Waals surface area contributed by atoms with Gasteiger partial charge in [0.05, 0.1) is 54.5 Å². The number of hydrogen-bond acceptors (Lipinski definition) is 9. The smallest absolute Gasteiger partial charge is 0.263 e. The van der Waals surface area contributed by atoms with Crippen molar-refractivity contribution in [3.63, 3.8) is 0 Å². The maximum Gasteiger partial charge on any atom is 0.263 e. The number of ether oxygens (including phenoxy) is 3. The number of nitrogens with zero attached hydrogens (tertiary/aromatic N) is 5. The number of amides is 1. The van der Waals surface area contributed by atoms with E-state index in [0.29, 0.717) is 37.0 Å². The monoisotopic (exact) mass is 459 g/mol. The van der Waals surface area contributed by atoms with Gasteiger partial charge in [0.15, 0.2) is 18.2 Å². The molecule has 0 bridgehead atoms. The molecule has 172 valence electrons. The Morgan fingerprint density at radius 3 is 3.03 bits per heavy atom. The molecule has 0 fully saturated rings. The van der Waals surface area contributed by atoms with Crippen LogP contribution < -0.4 is 24.8 Å². The molecule has 4 aromatic heterocycles. The summed E-state index contributed by atoms with van der Waals surface area (Å²) in [5.74, 6) is 2.08. The van der Waals surface area contributed by atoms with E-state index < -0.39 is 0 Å². The topological polar surface area (TPSA) is 125 Å². The Labute approximate surface area is 194 Å². The standard InChI is InChI=1S/C23H21N7O4/c1-32-21-5-3-17-22(29-21)16-6-15(11-33-19(16)9-25-17)30-10-14(8-26-30)24-7-13-2-4-18-23(27-13)28-20(31)12-34-18/h2-5,8-10,15,24H,6-7,11-12H2,1H3,(H,27,28,31). The highest BCUT2D eigenvalue weighted by atomic mass is 16.5. The Bertz CT molecular complexity index is 1400. The zero-order valence-corrected chi connectivity index (χ0v) is 18.3. The first-order valence-electron chi connectivity index (χ1n) is 10.8. The van der Waals surface area contributed by atoms with Gasteiger partial charge in [0.25, 0.3) is 5.91 Å². The van der Waals surface area contributed by atoms with Gasteiger partial charge in [0.1, 0.15) is 12.4 Å². The number of carbonyl (C=O) groups is 1. The Balaban J connectivity index is 1.17. The highest BCUT2D eigenvalue weighted by Gasteiger charge is 2.25. The van der Waals surface area contributed by atoms with Crippen LogP contribution >= 0.6 is 0 Å². The molecule has 1 amide bonds. The molecule has 0 radical (unpaired) electrons. The Kier molecular flexibility index (Phi) is 4.86. The summed E-state index contributed by atoms with van der Waals surface area (Å²) in [5, 5.41) is 10.6. The zero-order chi connectivity index (χ0) is 23.1. The molecule has 34 heavy (non-hydrogen) atoms. The number of fused-ring (bicyclic) bond motifs is 4. The molecule has 6 heterocycles. The third-order valence-electron chi connectivity index (χ3n) is 5.81. The number of rotatable bonds is 5. The fourth-order valence-electron chi connectivity index (χ4n) is 4.09. The van der Waals surface area contributed by atoms with Crippen molar-refractivity contribution in [2.75, 3.05) is 31.0 Å². The molecule has 0 saturated heterocycles. The van der Waals surface area contributed by atoms with Gasteiger partial charge in [0, 0.05) is 24.2 Å². The molecular formula is C23H21N7O4. The second-order valence-electron chi connectivity index (χ2n) is 8.04. The lowest BCUT2D eigenvalue weighted by Gasteiger charge is -2.26. The van der Waals surface area contributed by atoms with Gasteiger partial charge in [-0.2, -0.15) is 5.10 Å². The van der Waals surface area contributed by atoms with Gasteiger partial charge in [-0.05, 0) is 18.2 Å². The van der Waals surface area contributed by atoms with Crippen molar-refractivity contribution in [3.05, 3.63) is 54.1 Å². The third-order valence-corrected chi connectivity index (χ3v) is 5.81. The first-order chi connectivity index (χ1) is 16.7. The van der Waals surface area contributed by atoms with Gasteiger partial charge in [-0.3, -0.25) is 14.5 Å². The number of aromatic nitrogens is 5. The molecule has 4 aromatic rings. The van der Waals surface area contributed by atoms with Crippen molar-refractivity contribution >= 4 is 28.4 Å². The van der Waals surface area contributed by atoms with Gasteiger partial charge >= 0.3 is 0 Å². The lowest BCUT2D eigenvalue weighted by atomic mass is 10.0. The van der Waals surface area contributed by atoms with Crippen LogP contribution in [0.1, 0.15) is 17.3 Å². The van der Waals surface area contributed by atoms with Crippen molar-refractivity contribution in [3.8, 4) is 17.4 Å². The lowest BCUT2D eigenvalue weighted by molar-refractivity contribution is -0.118. The highest BCUT2D eigenvalue weighted by Crippen LogP contribution is 2.34. The maximum absolute atomic E-state index is 11.5. The summed E-state index contributed by atoms with van der Waals surface area (Å²) in [7, 11) is 1.60. The average molecular weight is 459 g/mol. The SMILES string of the molecule is COc1ccc2ncc3c(c2n1)CC(n1cc(NCc2ccc4c(n2)NC(=O)CO4)cn1)CO3. The molecule has 0 saturated carbocycles. The van der Waals surface area contributed by atoms with Crippen molar-refractivity contribution in [2.45, 2.75) is 19.0 Å². The van der Waals surface area contributed by atoms with Gasteiger partial charge in [-0.15, -0.1) is 0 Å². The van der Waals surface area contributed by atoms with Gasteiger partial charge < -0.3 is 24.8 Å². The van der Waals surface area contributed by atoms with Crippen molar-refractivity contribution in [1.29, 1.82) is 0 Å². The minimum Gasteiger partial charge on any atom is -0.489 e. The predicted molar refractivity (Wildman–Crippen MR) is 122 cm³/mol. The third kappa shape index (κ3) is 3.70. The number of carbonyl (C=O) groups excluding carboxylic acids is 1. The second kappa shape index (κ2) is 8.18. The lowest BCUT2D eigenvalue weighted by Crippen LogP contribution is -2.26. The Morgan fingerprint density at radius 2 is 2.12 bits per heavy atom. The van der Waals surface area contributed by atoms with Crippen molar-refractivity contribution in [2.24, 2.45) is 0 Å². The summed E-state index contributed by atoms with van der Waals surface area (Å²) >= 11 is 0. The summed E-state index contributed by atoms with van der Waals surface area (Å²) in [6, 6.07) is 7.37. The number of pyridine rings is 3. The molecule has 0 aliphatic carbocycles. The van der Waals surface area contributed by atoms with Crippen molar-refractivity contribution in [1.82, 2.24) is 24.7 Å². The van der Waals surface area contributed by atoms with E-state index in [9.17, 15) is 4.79 Å². The molecular weight excluding hydrogens is 438 g/mol. The maximum atomic E-state index is 11.5. The van der Waals surface area contributed by atoms with Crippen LogP contribution in [-0.4, -0.2) is 51.0 Å². The minimum absolute atomic E-state index is 0.0101. The summed E-state index contributed by atoms with van der Waals surface area (Å²) in [6.07, 6.45) is 6.17. The number of anilines is 2. The quantitative estimate of drug-likeness (QED) is 0.462. The predicted octanol–water partition coefficient (Wildman–Crippen LogP) is 2.35. The molecule has 2 aliphatic heterocycles. The number of methoxy groups -OCH3 is 1. The first kappa shape index (κ1) is 20.2. The van der Waals surface area contributed by atoms with Crippen LogP contribution in [0.2, 0.25) is 0 Å². The number of hydrogen-bond donors (Lipinski definition) is 2. The van der Waals surface area contributed by atoms with Crippen molar-refractivity contribution < 1.29 is 19.0 Å². The fourth-order valence-corrected chi connectivity index (χ4v) is 4.09. The average Bonchev–Trinajstić information content (AvgIpc) is 3.35. The van der Waals surface area contributed by atoms with E-state index in [-0.39, 0.29) is 18.6 Å². The summed E-state index contributed by atoms with van der Waals surface area (Å²) < 4.78 is 18.5. The van der Waals surface area contributed by atoms with Gasteiger partial charge in [0.2, 0.25) is 5.88 Å². The molecule has 1 unspecified atom stereocenters. The van der Waals surface area contributed by atoms with E-state index in [1.807, 2.05) is 23.0 Å². The van der Waals surface area contributed by atoms with E-state index in [0.717, 1.165) is 33.7 Å². The molecule has 1 atom stereocenters. The molecule has 6 rings (SSSR count). The van der Waals surface area contributed by atoms with E-state index in [2.05, 4.69) is 30.7 Å². The Morgan fingerprint density at radius 1 is 1.18 bits per heavy atom. The van der Waals surface area contributed by atoms with Gasteiger partial charge in [-0.25, -0.2) is 9.97 Å². The molecule has 2 N–H and O–H groups in total. The Hall–Kier alpha value is -4.41. The molecule has 11 nitrogen and oxygen atoms in total. The van der Waals surface area contributed by atoms with Crippen LogP contribution in [0.5, 0.6) is 17.4 Å². The van der Waals surface area contributed by atoms with Gasteiger partial charge in [-0.1, -0.05) is 0 Å². The van der Waals surface area contributed by atoms with Crippen LogP contribution in [0, 0.1) is 0 Å². The molecule has 0 spiro atoms. The van der Waals surface area contributed by atoms with Crippen LogP contribution in [0.15, 0.2) is 42.9 Å². The van der Waals surface area contributed by atoms with E-state index in [4.69, 9.17) is 14.2 Å². The van der Waals surface area contributed by atoms with E-state index in [1.165, 1.54) is 0 Å². The largest absolute Gasteiger partial charge is 0.489 e. The van der Waals surface area contributed by atoms with Crippen LogP contribution in [-0.2, 0) is 17.8 Å². The van der Waals surface area contributed by atoms with Crippen LogP contribution in [0.3, 0.4) is 0 Å². The first-order valence-corrected chi connectivity index (χ1v) is 10.8. The minimum atomic E-state index is -0.208. The highest BCUT2D eigenvalue weighted by molar-refractivity contribution is 5.94. The summed E-state index contributed by atoms with van der Waals surface area (Å²) in [5.41, 5.74) is 4.19. The van der Waals surface area contributed by atoms with E-state index in [1.54, 1.807) is 31.6 Å². The van der Waals surface area contributed by atoms with Crippen LogP contribution in [0.25, 0.3) is 11.0 Å². The van der Waals surface area contributed by atoms with E-state index >= 15 is 0 Å². The second-order valence-corrected chi connectivity index (χ2v) is 8.04. The number of nitrogens with one attached hydrogen (secondary N) is 2. The summed E-state index contributed by atoms with van der Waals surface area (Å²) in [6.45, 7) is 0.965.